The van der Waals surface area contributed by atoms with Crippen molar-refractivity contribution in [3.05, 3.63) is 0 Å². The number of carbonyl (C=O) groups excluding carboxylic acids is 1. The Morgan fingerprint density at radius 2 is 2.38 bits per heavy atom. The molecular formula is C8H10FNO3. The van der Waals surface area contributed by atoms with E-state index in [4.69, 9.17) is 5.11 Å². The van der Waals surface area contributed by atoms with Crippen molar-refractivity contribution in [3.8, 4) is 0 Å². The van der Waals surface area contributed by atoms with Crippen LogP contribution in [0, 0.1) is 5.92 Å². The normalized spacial score (nSPS) is 37.2. The maximum atomic E-state index is 12.5. The van der Waals surface area contributed by atoms with Gasteiger partial charge in [0.2, 0.25) is 0 Å². The van der Waals surface area contributed by atoms with Crippen LogP contribution in [0.2, 0.25) is 0 Å². The average Bonchev–Trinajstić information content (AvgIpc) is 2.58. The van der Waals surface area contributed by atoms with Gasteiger partial charge in [0.25, 0.3) is 0 Å². The van der Waals surface area contributed by atoms with E-state index in [1.807, 2.05) is 0 Å². The number of fused-ring (bicyclic) bond motifs is 2. The number of alkyl halides is 1. The lowest BCUT2D eigenvalue weighted by Crippen LogP contribution is -2.49. The number of halogens is 1. The molecule has 0 spiro atoms. The van der Waals surface area contributed by atoms with Gasteiger partial charge in [-0.2, -0.15) is 0 Å². The number of piperidine rings is 1. The summed E-state index contributed by atoms with van der Waals surface area (Å²) in [7, 11) is 0. The zero-order chi connectivity index (χ0) is 9.59. The number of nitrogens with zero attached hydrogens (tertiary/aromatic N) is 1. The topological polar surface area (TPSA) is 57.6 Å². The summed E-state index contributed by atoms with van der Waals surface area (Å²) in [6, 6.07) is -1.15. The standard InChI is InChI=1S/C8H10FNO3/c9-3-6-4-1-5(7(11)2-4)10(6)8(12)13/h4-6H,1-3H2,(H,12,13). The van der Waals surface area contributed by atoms with Crippen molar-refractivity contribution in [2.45, 2.75) is 24.9 Å². The zero-order valence-corrected chi connectivity index (χ0v) is 6.94. The lowest BCUT2D eigenvalue weighted by Gasteiger charge is -2.30. The van der Waals surface area contributed by atoms with E-state index in [1.54, 1.807) is 0 Å². The zero-order valence-electron chi connectivity index (χ0n) is 6.94. The summed E-state index contributed by atoms with van der Waals surface area (Å²) in [4.78, 5) is 22.9. The van der Waals surface area contributed by atoms with Gasteiger partial charge in [-0.25, -0.2) is 9.18 Å². The van der Waals surface area contributed by atoms with Crippen LogP contribution in [0.25, 0.3) is 0 Å². The van der Waals surface area contributed by atoms with E-state index in [2.05, 4.69) is 0 Å². The van der Waals surface area contributed by atoms with E-state index in [-0.39, 0.29) is 11.7 Å². The minimum atomic E-state index is -1.18. The maximum Gasteiger partial charge on any atom is 0.408 e. The molecule has 0 radical (unpaired) electrons. The van der Waals surface area contributed by atoms with Crippen molar-refractivity contribution in [2.24, 2.45) is 5.92 Å². The highest BCUT2D eigenvalue weighted by molar-refractivity contribution is 5.91. The molecule has 1 heterocycles. The van der Waals surface area contributed by atoms with Gasteiger partial charge in [-0.15, -0.1) is 0 Å². The molecule has 5 heteroatoms. The van der Waals surface area contributed by atoms with Gasteiger partial charge >= 0.3 is 6.09 Å². The molecule has 0 aromatic heterocycles. The van der Waals surface area contributed by atoms with E-state index >= 15 is 0 Å². The number of hydrogen-bond donors (Lipinski definition) is 1. The van der Waals surface area contributed by atoms with Crippen molar-refractivity contribution >= 4 is 11.9 Å². The fraction of sp³-hybridized carbons (Fsp3) is 0.750. The molecule has 4 nitrogen and oxygen atoms in total. The smallest absolute Gasteiger partial charge is 0.408 e. The summed E-state index contributed by atoms with van der Waals surface area (Å²) in [5.74, 6) is -0.143. The molecule has 72 valence electrons. The van der Waals surface area contributed by atoms with Crippen LogP contribution in [0.5, 0.6) is 0 Å². The van der Waals surface area contributed by atoms with Crippen LogP contribution in [-0.4, -0.2) is 40.6 Å². The van der Waals surface area contributed by atoms with Gasteiger partial charge in [0.1, 0.15) is 6.67 Å². The number of Topliss-reactive ketones (excluding diaryl/α,β-unsaturated/α-hetero) is 1. The molecule has 0 aromatic rings. The highest BCUT2D eigenvalue weighted by Crippen LogP contribution is 2.40. The van der Waals surface area contributed by atoms with Gasteiger partial charge in [0.15, 0.2) is 5.78 Å². The Morgan fingerprint density at radius 3 is 2.92 bits per heavy atom. The van der Waals surface area contributed by atoms with Crippen LogP contribution in [0.3, 0.4) is 0 Å². The van der Waals surface area contributed by atoms with Gasteiger partial charge in [-0.1, -0.05) is 0 Å². The second-order valence-electron chi connectivity index (χ2n) is 3.59. The van der Waals surface area contributed by atoms with Crippen LogP contribution in [-0.2, 0) is 4.79 Å². The van der Waals surface area contributed by atoms with E-state index in [0.29, 0.717) is 12.8 Å². The van der Waals surface area contributed by atoms with Crippen molar-refractivity contribution in [3.63, 3.8) is 0 Å². The van der Waals surface area contributed by atoms with Crippen LogP contribution in [0.15, 0.2) is 0 Å². The number of rotatable bonds is 1. The maximum absolute atomic E-state index is 12.5. The number of carboxylic acid groups (broad SMARTS) is 1. The molecule has 2 rings (SSSR count). The molecule has 2 aliphatic rings. The Bertz CT molecular complexity index is 268. The summed E-state index contributed by atoms with van der Waals surface area (Å²) < 4.78 is 12.5. The molecule has 1 amide bonds. The molecule has 3 unspecified atom stereocenters. The Labute approximate surface area is 74.3 Å². The number of carbonyl (C=O) groups is 2. The summed E-state index contributed by atoms with van der Waals surface area (Å²) in [5, 5.41) is 8.76. The van der Waals surface area contributed by atoms with Crippen molar-refractivity contribution in [2.75, 3.05) is 6.67 Å². The van der Waals surface area contributed by atoms with E-state index in [1.165, 1.54) is 0 Å². The SMILES string of the molecule is O=C1CC2CC1N(C(=O)O)C2CF. The monoisotopic (exact) mass is 187 g/mol. The van der Waals surface area contributed by atoms with Crippen LogP contribution in [0.4, 0.5) is 9.18 Å². The first-order valence-electron chi connectivity index (χ1n) is 4.25. The quantitative estimate of drug-likeness (QED) is 0.656. The molecule has 0 aromatic carbocycles. The van der Waals surface area contributed by atoms with Gasteiger partial charge in [-0.05, 0) is 12.3 Å². The largest absolute Gasteiger partial charge is 0.465 e. The van der Waals surface area contributed by atoms with Gasteiger partial charge in [0.05, 0.1) is 12.1 Å². The summed E-state index contributed by atoms with van der Waals surface area (Å²) in [6.07, 6.45) is -0.314. The lowest BCUT2D eigenvalue weighted by atomic mass is 10.00. The third kappa shape index (κ3) is 1.03. The number of hydrogen-bond acceptors (Lipinski definition) is 2. The Hall–Kier alpha value is -1.13. The molecular weight excluding hydrogens is 177 g/mol. The summed E-state index contributed by atoms with van der Waals surface area (Å²) in [6.45, 7) is -0.680. The Balaban J connectivity index is 2.24. The molecule has 1 aliphatic heterocycles. The lowest BCUT2D eigenvalue weighted by molar-refractivity contribution is -0.124. The van der Waals surface area contributed by atoms with Crippen LogP contribution >= 0.6 is 0 Å². The molecule has 3 atom stereocenters. The van der Waals surface area contributed by atoms with Crippen molar-refractivity contribution in [1.29, 1.82) is 0 Å². The highest BCUT2D eigenvalue weighted by Gasteiger charge is 2.52. The number of likely N-dealkylation sites (tertiary alicyclic amines) is 1. The first kappa shape index (κ1) is 8.47. The van der Waals surface area contributed by atoms with Gasteiger partial charge in [0, 0.05) is 6.42 Å². The van der Waals surface area contributed by atoms with Gasteiger partial charge < -0.3 is 5.11 Å². The van der Waals surface area contributed by atoms with Crippen molar-refractivity contribution in [1.82, 2.24) is 4.90 Å². The van der Waals surface area contributed by atoms with Crippen LogP contribution in [0.1, 0.15) is 12.8 Å². The molecule has 1 saturated heterocycles. The number of ketones is 1. The molecule has 2 bridgehead atoms. The van der Waals surface area contributed by atoms with Crippen molar-refractivity contribution < 1.29 is 19.1 Å². The molecule has 13 heavy (non-hydrogen) atoms. The average molecular weight is 187 g/mol. The third-order valence-corrected chi connectivity index (χ3v) is 2.98. The van der Waals surface area contributed by atoms with Gasteiger partial charge in [-0.3, -0.25) is 9.69 Å². The first-order chi connectivity index (χ1) is 6.15. The second-order valence-corrected chi connectivity index (χ2v) is 3.59. The first-order valence-corrected chi connectivity index (χ1v) is 4.25. The number of amides is 1. The van der Waals surface area contributed by atoms with Crippen LogP contribution < -0.4 is 0 Å². The predicted octanol–water partition coefficient (Wildman–Crippen LogP) is 0.666. The highest BCUT2D eigenvalue weighted by atomic mass is 19.1. The molecule has 1 saturated carbocycles. The molecule has 1 N–H and O–H groups in total. The summed E-state index contributed by atoms with van der Waals surface area (Å²) in [5.41, 5.74) is 0. The van der Waals surface area contributed by atoms with E-state index in [9.17, 15) is 14.0 Å². The fourth-order valence-electron chi connectivity index (χ4n) is 2.39. The summed E-state index contributed by atoms with van der Waals surface area (Å²) >= 11 is 0. The minimum absolute atomic E-state index is 0.0582. The Morgan fingerprint density at radius 1 is 1.69 bits per heavy atom. The second kappa shape index (κ2) is 2.68. The Kier molecular flexibility index (Phi) is 1.75. The predicted molar refractivity (Wildman–Crippen MR) is 41.1 cm³/mol. The van der Waals surface area contributed by atoms with E-state index in [0.717, 1.165) is 4.90 Å². The third-order valence-electron chi connectivity index (χ3n) is 2.98. The molecule has 1 aliphatic carbocycles. The fourth-order valence-corrected chi connectivity index (χ4v) is 2.39. The van der Waals surface area contributed by atoms with E-state index < -0.39 is 24.9 Å². The minimum Gasteiger partial charge on any atom is -0.465 e. The molecule has 2 fully saturated rings.